The highest BCUT2D eigenvalue weighted by molar-refractivity contribution is 7.18. The first-order valence-corrected chi connectivity index (χ1v) is 13.4. The van der Waals surface area contributed by atoms with Crippen LogP contribution in [0.15, 0.2) is 60.9 Å². The number of carbonyl (C=O) groups is 2. The van der Waals surface area contributed by atoms with Crippen molar-refractivity contribution in [2.45, 2.75) is 52.5 Å². The zero-order valence-corrected chi connectivity index (χ0v) is 21.7. The van der Waals surface area contributed by atoms with Gasteiger partial charge >= 0.3 is 5.97 Å². The fraction of sp³-hybridized carbons (Fsp3) is 0.345. The molecule has 1 N–H and O–H groups in total. The first-order chi connectivity index (χ1) is 17.3. The highest BCUT2D eigenvalue weighted by Gasteiger charge is 2.33. The Balaban J connectivity index is 1.46. The van der Waals surface area contributed by atoms with Gasteiger partial charge in [0, 0.05) is 34.8 Å². The van der Waals surface area contributed by atoms with Crippen LogP contribution in [0.2, 0.25) is 0 Å². The van der Waals surface area contributed by atoms with E-state index in [-0.39, 0.29) is 22.7 Å². The molecule has 1 aliphatic carbocycles. The van der Waals surface area contributed by atoms with Gasteiger partial charge in [-0.3, -0.25) is 4.79 Å². The van der Waals surface area contributed by atoms with E-state index in [1.54, 1.807) is 4.90 Å². The molecule has 1 fully saturated rings. The van der Waals surface area contributed by atoms with Crippen molar-refractivity contribution >= 4 is 34.5 Å². The highest BCUT2D eigenvalue weighted by Crippen LogP contribution is 2.40. The van der Waals surface area contributed by atoms with E-state index in [0.29, 0.717) is 11.6 Å². The Morgan fingerprint density at radius 2 is 1.75 bits per heavy atom. The minimum absolute atomic E-state index is 0.0432. The number of fused-ring (bicyclic) bond motifs is 1. The number of hydrogen-bond acceptors (Lipinski definition) is 4. The molecule has 0 saturated heterocycles. The van der Waals surface area contributed by atoms with Crippen molar-refractivity contribution in [2.24, 2.45) is 11.8 Å². The number of hydrogen-bond donors (Lipinski definition) is 1. The summed E-state index contributed by atoms with van der Waals surface area (Å²) in [5.74, 6) is -0.352. The second-order valence-corrected chi connectivity index (χ2v) is 11.1. The van der Waals surface area contributed by atoms with Gasteiger partial charge in [0.1, 0.15) is 10.5 Å². The van der Waals surface area contributed by atoms with E-state index < -0.39 is 5.97 Å². The molecule has 0 spiro atoms. The minimum atomic E-state index is -1.00. The summed E-state index contributed by atoms with van der Waals surface area (Å²) in [6.07, 6.45) is 7.79. The fourth-order valence-corrected chi connectivity index (χ4v) is 6.08. The third-order valence-electron chi connectivity index (χ3n) is 7.11. The van der Waals surface area contributed by atoms with Crippen molar-refractivity contribution in [2.75, 3.05) is 4.90 Å². The highest BCUT2D eigenvalue weighted by atomic mass is 32.1. The largest absolute Gasteiger partial charge is 0.477 e. The van der Waals surface area contributed by atoms with E-state index in [1.807, 2.05) is 79.2 Å². The van der Waals surface area contributed by atoms with Crippen LogP contribution in [0.1, 0.15) is 56.1 Å². The quantitative estimate of drug-likeness (QED) is 0.309. The van der Waals surface area contributed by atoms with Gasteiger partial charge in [-0.2, -0.15) is 0 Å². The molecule has 186 valence electrons. The second-order valence-electron chi connectivity index (χ2n) is 10.1. The number of carboxylic acid groups (broad SMARTS) is 1. The van der Waals surface area contributed by atoms with Gasteiger partial charge in [-0.1, -0.05) is 37.3 Å². The molecular weight excluding hydrogens is 470 g/mol. The van der Waals surface area contributed by atoms with Crippen LogP contribution in [-0.2, 0) is 4.79 Å². The van der Waals surface area contributed by atoms with Crippen LogP contribution in [0.3, 0.4) is 0 Å². The molecule has 4 aromatic rings. The van der Waals surface area contributed by atoms with Gasteiger partial charge in [0.15, 0.2) is 0 Å². The zero-order valence-electron chi connectivity index (χ0n) is 20.8. The maximum absolute atomic E-state index is 13.6. The number of aromatic nitrogens is 2. The average Bonchev–Trinajstić information content (AvgIpc) is 3.49. The molecule has 0 radical (unpaired) electrons. The number of aromatic carboxylic acids is 1. The molecule has 7 heteroatoms. The number of benzene rings is 1. The van der Waals surface area contributed by atoms with Gasteiger partial charge in [0.2, 0.25) is 5.91 Å². The number of rotatable bonds is 6. The molecule has 1 aromatic carbocycles. The lowest BCUT2D eigenvalue weighted by molar-refractivity contribution is -0.123. The first-order valence-electron chi connectivity index (χ1n) is 12.6. The Kier molecular flexibility index (Phi) is 6.67. The van der Waals surface area contributed by atoms with E-state index >= 15 is 0 Å². The molecule has 1 saturated carbocycles. The molecule has 3 heterocycles. The summed E-state index contributed by atoms with van der Waals surface area (Å²) in [6.45, 7) is 6.14. The van der Waals surface area contributed by atoms with Crippen LogP contribution in [0, 0.1) is 11.8 Å². The van der Waals surface area contributed by atoms with E-state index in [2.05, 4.69) is 11.9 Å². The molecule has 1 aliphatic rings. The summed E-state index contributed by atoms with van der Waals surface area (Å²) in [5, 5.41) is 10.0. The molecular formula is C29H31N3O3S. The van der Waals surface area contributed by atoms with E-state index in [9.17, 15) is 14.7 Å². The van der Waals surface area contributed by atoms with Crippen molar-refractivity contribution in [3.05, 3.63) is 65.8 Å². The summed E-state index contributed by atoms with van der Waals surface area (Å²) >= 11 is 1.22. The molecule has 0 bridgehead atoms. The van der Waals surface area contributed by atoms with Gasteiger partial charge in [0.25, 0.3) is 0 Å². The standard InChI is InChI=1S/C29H31N3O3S/c1-18(2)32(28(33)22-9-7-19(3)8-10-22)24-16-25(36-27(24)29(34)35)21-13-11-20(12-14-21)23-17-31-15-5-4-6-26(31)30-23/h4-6,11-19,22H,7-10H2,1-3H3,(H,34,35). The second kappa shape index (κ2) is 9.90. The van der Waals surface area contributed by atoms with Gasteiger partial charge in [-0.05, 0) is 69.2 Å². The minimum Gasteiger partial charge on any atom is -0.477 e. The first kappa shape index (κ1) is 24.3. The number of carbonyl (C=O) groups excluding carboxylic acids is 1. The number of anilines is 1. The Morgan fingerprint density at radius 3 is 2.39 bits per heavy atom. The number of thiophene rings is 1. The molecule has 0 atom stereocenters. The van der Waals surface area contributed by atoms with Crippen LogP contribution in [0.5, 0.6) is 0 Å². The lowest BCUT2D eigenvalue weighted by Crippen LogP contribution is -2.42. The molecule has 0 unspecified atom stereocenters. The van der Waals surface area contributed by atoms with Crippen molar-refractivity contribution in [3.8, 4) is 21.7 Å². The third-order valence-corrected chi connectivity index (χ3v) is 8.28. The van der Waals surface area contributed by atoms with Crippen LogP contribution < -0.4 is 4.90 Å². The van der Waals surface area contributed by atoms with Crippen molar-refractivity contribution in [1.82, 2.24) is 9.38 Å². The Morgan fingerprint density at radius 1 is 1.06 bits per heavy atom. The van der Waals surface area contributed by atoms with Crippen LogP contribution in [0.4, 0.5) is 5.69 Å². The molecule has 6 nitrogen and oxygen atoms in total. The lowest BCUT2D eigenvalue weighted by Gasteiger charge is -2.33. The van der Waals surface area contributed by atoms with E-state index in [0.717, 1.165) is 53.0 Å². The Hall–Kier alpha value is -3.45. The molecule has 5 rings (SSSR count). The fourth-order valence-electron chi connectivity index (χ4n) is 5.09. The SMILES string of the molecule is CC1CCC(C(=O)N(c2cc(-c3ccc(-c4cn5ccccc5n4)cc3)sc2C(=O)O)C(C)C)CC1. The van der Waals surface area contributed by atoms with Gasteiger partial charge in [-0.25, -0.2) is 9.78 Å². The predicted molar refractivity (Wildman–Crippen MR) is 145 cm³/mol. The van der Waals surface area contributed by atoms with Gasteiger partial charge in [-0.15, -0.1) is 11.3 Å². The number of carboxylic acids is 1. The maximum atomic E-state index is 13.6. The predicted octanol–water partition coefficient (Wildman–Crippen LogP) is 7.00. The number of pyridine rings is 1. The maximum Gasteiger partial charge on any atom is 0.348 e. The summed E-state index contributed by atoms with van der Waals surface area (Å²) in [6, 6.07) is 15.6. The average molecular weight is 502 g/mol. The summed E-state index contributed by atoms with van der Waals surface area (Å²) in [5.41, 5.74) is 4.18. The molecule has 3 aromatic heterocycles. The van der Waals surface area contributed by atoms with Crippen molar-refractivity contribution < 1.29 is 14.7 Å². The monoisotopic (exact) mass is 501 g/mol. The molecule has 1 amide bonds. The summed E-state index contributed by atoms with van der Waals surface area (Å²) in [4.78, 5) is 33.2. The van der Waals surface area contributed by atoms with Gasteiger partial charge < -0.3 is 14.4 Å². The van der Waals surface area contributed by atoms with E-state index in [4.69, 9.17) is 0 Å². The zero-order chi connectivity index (χ0) is 25.4. The van der Waals surface area contributed by atoms with Crippen LogP contribution in [0.25, 0.3) is 27.3 Å². The normalized spacial score (nSPS) is 18.0. The van der Waals surface area contributed by atoms with Gasteiger partial charge in [0.05, 0.1) is 11.4 Å². The molecule has 36 heavy (non-hydrogen) atoms. The van der Waals surface area contributed by atoms with Crippen LogP contribution in [-0.4, -0.2) is 32.4 Å². The lowest BCUT2D eigenvalue weighted by atomic mass is 9.82. The summed E-state index contributed by atoms with van der Waals surface area (Å²) in [7, 11) is 0. The summed E-state index contributed by atoms with van der Waals surface area (Å²) < 4.78 is 1.98. The topological polar surface area (TPSA) is 74.9 Å². The van der Waals surface area contributed by atoms with E-state index in [1.165, 1.54) is 11.3 Å². The number of nitrogens with zero attached hydrogens (tertiary/aromatic N) is 3. The smallest absolute Gasteiger partial charge is 0.348 e. The molecule has 0 aliphatic heterocycles. The number of amides is 1. The van der Waals surface area contributed by atoms with Crippen LogP contribution >= 0.6 is 11.3 Å². The van der Waals surface area contributed by atoms with Crippen molar-refractivity contribution in [1.29, 1.82) is 0 Å². The number of imidazole rings is 1. The third kappa shape index (κ3) is 4.67. The Labute approximate surface area is 215 Å². The Bertz CT molecular complexity index is 1360. The van der Waals surface area contributed by atoms with Crippen molar-refractivity contribution in [3.63, 3.8) is 0 Å².